The van der Waals surface area contributed by atoms with Gasteiger partial charge in [0.2, 0.25) is 0 Å². The minimum absolute atomic E-state index is 0.144. The Bertz CT molecular complexity index is 587. The molecule has 1 heterocycles. The molecule has 0 bridgehead atoms. The number of nitrogens with zero attached hydrogens (tertiary/aromatic N) is 2. The van der Waals surface area contributed by atoms with E-state index in [9.17, 15) is 10.1 Å². The number of rotatable bonds is 3. The number of hydrogen-bond acceptors (Lipinski definition) is 4. The Labute approximate surface area is 122 Å². The molecule has 0 radical (unpaired) electrons. The fraction of sp³-hybridized carbons (Fsp3) is 0.0833. The van der Waals surface area contributed by atoms with Crippen molar-refractivity contribution < 1.29 is 4.92 Å². The van der Waals surface area contributed by atoms with Crippen molar-refractivity contribution in [3.05, 3.63) is 55.8 Å². The van der Waals surface area contributed by atoms with E-state index >= 15 is 0 Å². The van der Waals surface area contributed by atoms with Crippen molar-refractivity contribution in [2.75, 3.05) is 0 Å². The predicted molar refractivity (Wildman–Crippen MR) is 78.9 cm³/mol. The van der Waals surface area contributed by atoms with Gasteiger partial charge in [-0.05, 0) is 47.7 Å². The van der Waals surface area contributed by atoms with Gasteiger partial charge in [-0.1, -0.05) is 17.8 Å². The maximum Gasteiger partial charge on any atom is 0.273 e. The van der Waals surface area contributed by atoms with Crippen LogP contribution in [0, 0.1) is 20.6 Å². The molecule has 2 aromatic rings. The third-order valence-electron chi connectivity index (χ3n) is 2.37. The Morgan fingerprint density at radius 1 is 1.33 bits per heavy atom. The molecule has 0 aliphatic rings. The van der Waals surface area contributed by atoms with E-state index in [0.717, 1.165) is 13.5 Å². The molecule has 0 spiro atoms. The standard InChI is InChI=1S/C12H9IN2O2S/c1-8-10(15(16)17)3-2-4-11(8)18-12-6-5-9(13)7-14-12/h2-7H,1H3. The van der Waals surface area contributed by atoms with Gasteiger partial charge in [0.25, 0.3) is 5.69 Å². The number of nitro groups is 1. The molecule has 4 nitrogen and oxygen atoms in total. The van der Waals surface area contributed by atoms with E-state index < -0.39 is 0 Å². The Balaban J connectivity index is 2.32. The van der Waals surface area contributed by atoms with Gasteiger partial charge >= 0.3 is 0 Å². The molecular weight excluding hydrogens is 363 g/mol. The number of halogens is 1. The summed E-state index contributed by atoms with van der Waals surface area (Å²) in [5.41, 5.74) is 0.818. The SMILES string of the molecule is Cc1c(Sc2ccc(I)cn2)cccc1[N+](=O)[O-]. The molecule has 0 N–H and O–H groups in total. The number of nitro benzene ring substituents is 1. The first-order valence-electron chi connectivity index (χ1n) is 5.11. The van der Waals surface area contributed by atoms with Crippen molar-refractivity contribution in [1.29, 1.82) is 0 Å². The van der Waals surface area contributed by atoms with Gasteiger partial charge in [0.15, 0.2) is 0 Å². The molecule has 0 aliphatic carbocycles. The topological polar surface area (TPSA) is 56.0 Å². The summed E-state index contributed by atoms with van der Waals surface area (Å²) in [7, 11) is 0. The lowest BCUT2D eigenvalue weighted by atomic mass is 10.2. The first kappa shape index (κ1) is 13.3. The van der Waals surface area contributed by atoms with Crippen molar-refractivity contribution in [2.45, 2.75) is 16.8 Å². The van der Waals surface area contributed by atoms with Crippen LogP contribution in [0.4, 0.5) is 5.69 Å². The van der Waals surface area contributed by atoms with Crippen molar-refractivity contribution in [2.24, 2.45) is 0 Å². The molecule has 0 unspecified atom stereocenters. The fourth-order valence-corrected chi connectivity index (χ4v) is 2.64. The van der Waals surface area contributed by atoms with Crippen LogP contribution in [0.25, 0.3) is 0 Å². The number of aromatic nitrogens is 1. The average Bonchev–Trinajstić information content (AvgIpc) is 2.34. The summed E-state index contributed by atoms with van der Waals surface area (Å²) in [5.74, 6) is 0. The highest BCUT2D eigenvalue weighted by Crippen LogP contribution is 2.33. The van der Waals surface area contributed by atoms with Crippen molar-refractivity contribution in [1.82, 2.24) is 4.98 Å². The van der Waals surface area contributed by atoms with Crippen LogP contribution in [0.5, 0.6) is 0 Å². The number of hydrogen-bond donors (Lipinski definition) is 0. The van der Waals surface area contributed by atoms with Crippen LogP contribution in [0.15, 0.2) is 46.5 Å². The van der Waals surface area contributed by atoms with E-state index in [4.69, 9.17) is 0 Å². The van der Waals surface area contributed by atoms with Gasteiger partial charge in [-0.2, -0.15) is 0 Å². The first-order chi connectivity index (χ1) is 8.58. The van der Waals surface area contributed by atoms with E-state index in [1.807, 2.05) is 18.2 Å². The molecule has 0 saturated heterocycles. The molecule has 18 heavy (non-hydrogen) atoms. The summed E-state index contributed by atoms with van der Waals surface area (Å²) < 4.78 is 1.06. The number of benzene rings is 1. The second-order valence-electron chi connectivity index (χ2n) is 3.57. The minimum atomic E-state index is -0.360. The molecule has 0 saturated carbocycles. The summed E-state index contributed by atoms with van der Waals surface area (Å²) in [5, 5.41) is 11.7. The van der Waals surface area contributed by atoms with E-state index in [1.165, 1.54) is 17.8 Å². The van der Waals surface area contributed by atoms with Gasteiger partial charge in [0, 0.05) is 26.3 Å². The van der Waals surface area contributed by atoms with Gasteiger partial charge in [-0.15, -0.1) is 0 Å². The highest BCUT2D eigenvalue weighted by atomic mass is 127. The van der Waals surface area contributed by atoms with Gasteiger partial charge in [-0.3, -0.25) is 10.1 Å². The third-order valence-corrected chi connectivity index (χ3v) is 4.12. The Morgan fingerprint density at radius 2 is 2.11 bits per heavy atom. The smallest absolute Gasteiger partial charge is 0.258 e. The first-order valence-corrected chi connectivity index (χ1v) is 7.01. The Morgan fingerprint density at radius 3 is 2.72 bits per heavy atom. The molecule has 6 heteroatoms. The number of pyridine rings is 1. The second kappa shape index (κ2) is 5.66. The second-order valence-corrected chi connectivity index (χ2v) is 5.88. The third kappa shape index (κ3) is 2.99. The maximum absolute atomic E-state index is 10.9. The van der Waals surface area contributed by atoms with Gasteiger partial charge in [-0.25, -0.2) is 4.98 Å². The molecule has 2 rings (SSSR count). The zero-order valence-electron chi connectivity index (χ0n) is 9.46. The zero-order chi connectivity index (χ0) is 13.1. The molecule has 92 valence electrons. The van der Waals surface area contributed by atoms with Crippen molar-refractivity contribution in [3.63, 3.8) is 0 Å². The summed E-state index contributed by atoms with van der Waals surface area (Å²) in [4.78, 5) is 15.6. The van der Waals surface area contributed by atoms with Crippen LogP contribution in [0.3, 0.4) is 0 Å². The van der Waals surface area contributed by atoms with Crippen LogP contribution in [-0.4, -0.2) is 9.91 Å². The molecule has 0 amide bonds. The lowest BCUT2D eigenvalue weighted by molar-refractivity contribution is -0.385. The normalized spacial score (nSPS) is 10.3. The summed E-state index contributed by atoms with van der Waals surface area (Å²) in [6.07, 6.45) is 1.77. The van der Waals surface area contributed by atoms with Gasteiger partial charge in [0.1, 0.15) is 5.03 Å². The van der Waals surface area contributed by atoms with E-state index in [-0.39, 0.29) is 10.6 Å². The maximum atomic E-state index is 10.9. The fourth-order valence-electron chi connectivity index (χ4n) is 1.45. The van der Waals surface area contributed by atoms with E-state index in [0.29, 0.717) is 5.56 Å². The van der Waals surface area contributed by atoms with Gasteiger partial charge < -0.3 is 0 Å². The van der Waals surface area contributed by atoms with Crippen molar-refractivity contribution in [3.8, 4) is 0 Å². The highest BCUT2D eigenvalue weighted by molar-refractivity contribution is 14.1. The molecule has 1 aromatic heterocycles. The highest BCUT2D eigenvalue weighted by Gasteiger charge is 2.14. The van der Waals surface area contributed by atoms with Crippen molar-refractivity contribution >= 4 is 40.0 Å². The Hall–Kier alpha value is -1.15. The van der Waals surface area contributed by atoms with Crippen LogP contribution < -0.4 is 0 Å². The van der Waals surface area contributed by atoms with Gasteiger partial charge in [0.05, 0.1) is 4.92 Å². The summed E-state index contributed by atoms with van der Waals surface area (Å²) in [6, 6.07) is 8.95. The molecule has 1 aromatic carbocycles. The van der Waals surface area contributed by atoms with E-state index in [1.54, 1.807) is 19.2 Å². The van der Waals surface area contributed by atoms with Crippen LogP contribution in [-0.2, 0) is 0 Å². The Kier molecular flexibility index (Phi) is 4.18. The van der Waals surface area contributed by atoms with Crippen LogP contribution in [0.1, 0.15) is 5.56 Å². The quantitative estimate of drug-likeness (QED) is 0.463. The molecule has 0 aliphatic heterocycles. The summed E-state index contributed by atoms with van der Waals surface area (Å²) >= 11 is 3.62. The largest absolute Gasteiger partial charge is 0.273 e. The monoisotopic (exact) mass is 372 g/mol. The minimum Gasteiger partial charge on any atom is -0.258 e. The molecular formula is C12H9IN2O2S. The zero-order valence-corrected chi connectivity index (χ0v) is 12.4. The lowest BCUT2D eigenvalue weighted by Gasteiger charge is -2.05. The molecule has 0 atom stereocenters. The van der Waals surface area contributed by atoms with Crippen LogP contribution >= 0.6 is 34.4 Å². The predicted octanol–water partition coefficient (Wildman–Crippen LogP) is 4.05. The van der Waals surface area contributed by atoms with Crippen LogP contribution in [0.2, 0.25) is 0 Å². The molecule has 0 fully saturated rings. The average molecular weight is 372 g/mol. The lowest BCUT2D eigenvalue weighted by Crippen LogP contribution is -1.93. The van der Waals surface area contributed by atoms with E-state index in [2.05, 4.69) is 27.6 Å². The summed E-state index contributed by atoms with van der Waals surface area (Å²) in [6.45, 7) is 1.76.